The van der Waals surface area contributed by atoms with Crippen LogP contribution in [0.2, 0.25) is 0 Å². The van der Waals surface area contributed by atoms with Crippen molar-refractivity contribution >= 4 is 99.7 Å². The van der Waals surface area contributed by atoms with E-state index >= 15 is 0 Å². The van der Waals surface area contributed by atoms with Crippen LogP contribution in [0, 0.1) is 72.5 Å². The number of pyridine rings is 2. The number of Topliss-reactive ketones (excluding diaryl/α,β-unsaturated/α-hetero) is 2. The number of ketones is 2. The number of halogens is 3. The second-order valence-electron chi connectivity index (χ2n) is 31.4. The van der Waals surface area contributed by atoms with Gasteiger partial charge < -0.3 is 29.5 Å². The van der Waals surface area contributed by atoms with Crippen molar-refractivity contribution in [2.75, 3.05) is 27.2 Å². The molecule has 4 aromatic heterocycles. The molecule has 0 bridgehead atoms. The molecule has 0 saturated heterocycles. The zero-order chi connectivity index (χ0) is 77.2. The first-order chi connectivity index (χ1) is 51.2. The smallest absolute Gasteiger partial charge is 0.434 e. The molecule has 6 fully saturated rings. The number of carbonyl (C=O) groups is 6. The number of aliphatic hydroxyl groups excluding tert-OH is 2. The minimum Gasteiger partial charge on any atom is -0.490 e. The van der Waals surface area contributed by atoms with Crippen LogP contribution in [-0.2, 0) is 68.2 Å². The van der Waals surface area contributed by atoms with Gasteiger partial charge in [-0.3, -0.25) is 38.2 Å². The fourth-order valence-electron chi connectivity index (χ4n) is 16.0. The summed E-state index contributed by atoms with van der Waals surface area (Å²) in [4.78, 5) is 106. The van der Waals surface area contributed by atoms with Crippen LogP contribution in [0.25, 0.3) is 43.2 Å². The summed E-state index contributed by atoms with van der Waals surface area (Å²) in [5.41, 5.74) is 1.51. The van der Waals surface area contributed by atoms with Crippen molar-refractivity contribution < 1.29 is 78.5 Å². The van der Waals surface area contributed by atoms with E-state index in [4.69, 9.17) is 20.9 Å². The van der Waals surface area contributed by atoms with Gasteiger partial charge in [0.15, 0.2) is 5.69 Å². The summed E-state index contributed by atoms with van der Waals surface area (Å²) >= 11 is 2.16. The number of aryl methyl sites for hydroxylation is 2. The highest BCUT2D eigenvalue weighted by Gasteiger charge is 2.64. The SMILES string of the molecule is C#Cc1csc(-c2cc(O[C@H]3CC[C@H]4C(=O)N(C)CCCC/C=C\[C@@H]5C[C@@]5(C(=O)NS(=O)(=O)C5(C)CC5)CC(=O)[C@@H]4C3)c3ccc(CO)c(C)c3n2)n1.Cc1c(CO)ccc2c(O[C@H]3CC[C@H]4C(=O)N(C)CCCC/C=C\[C@@H]5C[C@@]5(C(=O)NS(=O)(=O)C5(C)CC5)CC(=O)[C@@H]4C3)cc(-c3nc(C(F)(F)F)cs3)nc12. The lowest BCUT2D eigenvalue weighted by Gasteiger charge is -2.37. The number of rotatable bonds is 14. The zero-order valence-corrected chi connectivity index (χ0v) is 64.6. The van der Waals surface area contributed by atoms with Crippen LogP contribution >= 0.6 is 22.7 Å². The summed E-state index contributed by atoms with van der Waals surface area (Å²) in [6.07, 6.45) is 16.7. The predicted molar refractivity (Wildman–Crippen MR) is 401 cm³/mol. The highest BCUT2D eigenvalue weighted by atomic mass is 32.2. The van der Waals surface area contributed by atoms with Crippen molar-refractivity contribution in [3.8, 4) is 45.2 Å². The van der Waals surface area contributed by atoms with Gasteiger partial charge in [0.25, 0.3) is 0 Å². The summed E-state index contributed by atoms with van der Waals surface area (Å²) in [6, 6.07) is 10.5. The molecule has 108 heavy (non-hydrogen) atoms. The Hall–Kier alpha value is -8.01. The highest BCUT2D eigenvalue weighted by Crippen LogP contribution is 2.60. The van der Waals surface area contributed by atoms with Gasteiger partial charge in [0, 0.05) is 97.4 Å². The average Bonchev–Trinajstić information content (AvgIpc) is 1.54. The van der Waals surface area contributed by atoms with Crippen LogP contribution in [0.15, 0.2) is 71.5 Å². The van der Waals surface area contributed by atoms with Crippen molar-refractivity contribution in [1.29, 1.82) is 0 Å². The number of allylic oxidation sites excluding steroid dienone is 4. The van der Waals surface area contributed by atoms with Crippen molar-refractivity contribution in [2.45, 2.75) is 197 Å². The second kappa shape index (κ2) is 30.3. The molecule has 8 aliphatic rings. The Morgan fingerprint density at radius 1 is 0.630 bits per heavy atom. The van der Waals surface area contributed by atoms with Gasteiger partial charge in [-0.2, -0.15) is 13.2 Å². The molecule has 576 valence electrons. The molecule has 22 nitrogen and oxygen atoms in total. The lowest BCUT2D eigenvalue weighted by molar-refractivity contribution is -0.144. The number of ether oxygens (including phenoxy) is 2. The molecule has 4 amide bonds. The summed E-state index contributed by atoms with van der Waals surface area (Å²) in [7, 11) is -4.36. The van der Waals surface area contributed by atoms with E-state index in [1.165, 1.54) is 17.4 Å². The first-order valence-corrected chi connectivity index (χ1v) is 41.9. The molecule has 4 N–H and O–H groups in total. The Balaban J connectivity index is 0.000000191. The van der Waals surface area contributed by atoms with E-state index in [1.807, 2.05) is 49.4 Å². The maximum Gasteiger partial charge on any atom is 0.434 e. The van der Waals surface area contributed by atoms with E-state index in [-0.39, 0.29) is 84.8 Å². The van der Waals surface area contributed by atoms with Gasteiger partial charge in [-0.05, 0) is 195 Å². The van der Waals surface area contributed by atoms with E-state index < -0.39 is 99.9 Å². The minimum atomic E-state index is -4.65. The monoisotopic (exact) mass is 1560 g/mol. The Kier molecular flexibility index (Phi) is 21.9. The molecule has 14 rings (SSSR count). The largest absolute Gasteiger partial charge is 0.490 e. The van der Waals surface area contributed by atoms with Gasteiger partial charge in [-0.1, -0.05) is 36.4 Å². The molecule has 6 saturated carbocycles. The fraction of sp³-hybridized carbons (Fsp3) is 0.544. The van der Waals surface area contributed by atoms with Crippen molar-refractivity contribution in [3.63, 3.8) is 0 Å². The molecule has 2 aliphatic heterocycles. The van der Waals surface area contributed by atoms with Crippen molar-refractivity contribution in [1.82, 2.24) is 39.2 Å². The van der Waals surface area contributed by atoms with E-state index in [0.29, 0.717) is 133 Å². The van der Waals surface area contributed by atoms with Gasteiger partial charge in [-0.25, -0.2) is 36.8 Å². The van der Waals surface area contributed by atoms with Crippen LogP contribution in [0.1, 0.15) is 176 Å². The van der Waals surface area contributed by atoms with E-state index in [1.54, 1.807) is 62.2 Å². The lowest BCUT2D eigenvalue weighted by atomic mass is 9.72. The van der Waals surface area contributed by atoms with Gasteiger partial charge >= 0.3 is 6.18 Å². The molecule has 0 unspecified atom stereocenters. The van der Waals surface area contributed by atoms with E-state index in [2.05, 4.69) is 30.3 Å². The van der Waals surface area contributed by atoms with Crippen LogP contribution in [0.5, 0.6) is 11.5 Å². The average molecular weight is 1560 g/mol. The van der Waals surface area contributed by atoms with Gasteiger partial charge in [0.1, 0.15) is 50.2 Å². The lowest BCUT2D eigenvalue weighted by Crippen LogP contribution is -2.47. The summed E-state index contributed by atoms with van der Waals surface area (Å²) in [6.45, 7) is 7.53. The van der Waals surface area contributed by atoms with Crippen LogP contribution < -0.4 is 18.9 Å². The molecule has 2 aromatic carbocycles. The third-order valence-electron chi connectivity index (χ3n) is 24.0. The van der Waals surface area contributed by atoms with Gasteiger partial charge in [0.2, 0.25) is 43.7 Å². The zero-order valence-electron chi connectivity index (χ0n) is 61.3. The molecular formula is C79H91F3N8O14S4. The number of sulfonamides is 2. The normalized spacial score (nSPS) is 27.8. The maximum atomic E-state index is 14.6. The van der Waals surface area contributed by atoms with Crippen LogP contribution in [-0.4, -0.2) is 141 Å². The number of nitrogens with one attached hydrogen (secondary N) is 2. The second-order valence-corrected chi connectivity index (χ2v) is 37.5. The first-order valence-electron chi connectivity index (χ1n) is 37.1. The summed E-state index contributed by atoms with van der Waals surface area (Å²) in [5.74, 6) is -2.17. The van der Waals surface area contributed by atoms with Gasteiger partial charge in [-0.15, -0.1) is 29.1 Å². The topological polar surface area (TPSA) is 312 Å². The number of fused-ring (bicyclic) bond motifs is 6. The predicted octanol–water partition coefficient (Wildman–Crippen LogP) is 12.0. The fourth-order valence-corrected chi connectivity index (χ4v) is 20.2. The van der Waals surface area contributed by atoms with Crippen LogP contribution in [0.4, 0.5) is 13.2 Å². The first kappa shape index (κ1) is 78.1. The highest BCUT2D eigenvalue weighted by molar-refractivity contribution is 7.92. The quantitative estimate of drug-likeness (QED) is 0.0581. The molecule has 6 aromatic rings. The standard InChI is InChI=1S/C40H46N4O7S2.C39H45F3N4O7S2/c1-5-27-23-52-36(41-27)32-19-34(30-13-11-25(22-45)24(2)35(30)42-32)51-28-12-14-29-31(18-28)33(46)21-40(38(48)43-53(49,50)39(3)15-16-39)20-26(40)10-8-6-7-9-17-44(4)37(29)47;1-22-23(20-47)9-11-27-31(17-29(43-33(22)27)34-44-32(21-54-34)39(40,41)42)53-25-10-12-26-28(16-25)30(48)19-38(36(50)45-55(51,52)37(2)13-14-37)18-24(38)8-6-4-5-7-15-46(3)35(26)49/h1,8,10-11,13,19,23,26,28-29,31,45H,6-7,9,12,14-18,20-22H2,2-4H3,(H,43,48);6,8-9,11,17,21,24-26,28,47H,4-5,7,10,12-16,18-20H2,1-3H3,(H,45,50)/b10-8-;8-6-/t26-,28+,29-,31-,40-;24-,25+,26-,28-,38-/m11/s1. The molecule has 6 heterocycles. The number of thiazole rings is 2. The van der Waals surface area contributed by atoms with Crippen molar-refractivity contribution in [2.24, 2.45) is 46.3 Å². The number of amides is 4. The molecule has 29 heteroatoms. The molecule has 10 atom stereocenters. The number of aliphatic hydroxyl groups is 2. The van der Waals surface area contributed by atoms with E-state index in [0.717, 1.165) is 71.8 Å². The third-order valence-corrected chi connectivity index (χ3v) is 30.1. The maximum absolute atomic E-state index is 14.6. The Labute approximate surface area is 634 Å². The number of hydrogen-bond acceptors (Lipinski definition) is 20. The Morgan fingerprint density at radius 2 is 1.06 bits per heavy atom. The van der Waals surface area contributed by atoms with Gasteiger partial charge in [0.05, 0.1) is 56.8 Å². The number of benzene rings is 2. The number of carbonyl (C=O) groups excluding carboxylic acids is 6. The van der Waals surface area contributed by atoms with Crippen molar-refractivity contribution in [3.05, 3.63) is 105 Å². The molecular weight excluding hydrogens is 1470 g/mol. The molecule has 0 spiro atoms. The summed E-state index contributed by atoms with van der Waals surface area (Å²) in [5, 5.41) is 24.6. The Morgan fingerprint density at radius 3 is 1.44 bits per heavy atom. The number of nitrogens with zero attached hydrogens (tertiary/aromatic N) is 6. The number of aromatic nitrogens is 4. The number of terminal acetylenes is 1. The number of hydrogen-bond donors (Lipinski definition) is 4. The molecule has 0 radical (unpaired) electrons. The summed E-state index contributed by atoms with van der Waals surface area (Å²) < 4.78 is 109. The Bertz CT molecular complexity index is 4930. The van der Waals surface area contributed by atoms with Crippen LogP contribution in [0.3, 0.4) is 0 Å². The molecule has 6 aliphatic carbocycles. The van der Waals surface area contributed by atoms with E-state index in [9.17, 15) is 69.0 Å². The number of alkyl halides is 3. The minimum absolute atomic E-state index is 0.0285. The third kappa shape index (κ3) is 15.7.